The van der Waals surface area contributed by atoms with Crippen molar-refractivity contribution in [1.29, 1.82) is 0 Å². The van der Waals surface area contributed by atoms with E-state index in [0.717, 1.165) is 0 Å². The smallest absolute Gasteiger partial charge is 0.229 e. The minimum atomic E-state index is -1.69. The Balaban J connectivity index is 1.70. The van der Waals surface area contributed by atoms with Gasteiger partial charge in [0.15, 0.2) is 11.6 Å². The molecule has 0 amide bonds. The highest BCUT2D eigenvalue weighted by Crippen LogP contribution is 2.42. The van der Waals surface area contributed by atoms with Gasteiger partial charge in [0.05, 0.1) is 24.7 Å². The number of aliphatic hydroxyl groups is 4. The number of ether oxygens (including phenoxy) is 3. The predicted octanol–water partition coefficient (Wildman–Crippen LogP) is 1.22. The van der Waals surface area contributed by atoms with Crippen molar-refractivity contribution < 1.29 is 49.3 Å². The van der Waals surface area contributed by atoms with E-state index in [1.165, 1.54) is 13.2 Å². The zero-order valence-electron chi connectivity index (χ0n) is 20.2. The molecule has 1 aliphatic heterocycles. The average molecular weight is 516 g/mol. The van der Waals surface area contributed by atoms with Gasteiger partial charge in [0, 0.05) is 36.9 Å². The van der Waals surface area contributed by atoms with Gasteiger partial charge < -0.3 is 44.7 Å². The number of carbonyl (C=O) groups is 2. The molecule has 1 aliphatic rings. The lowest BCUT2D eigenvalue weighted by Crippen LogP contribution is -2.60. The topological polar surface area (TPSA) is 179 Å². The zero-order chi connectivity index (χ0) is 26.9. The van der Waals surface area contributed by atoms with E-state index >= 15 is 0 Å². The van der Waals surface area contributed by atoms with Crippen LogP contribution in [0.5, 0.6) is 17.2 Å². The first kappa shape index (κ1) is 26.6. The lowest BCUT2D eigenvalue weighted by atomic mass is 9.94. The molecule has 5 atom stereocenters. The maximum atomic E-state index is 13.1. The summed E-state index contributed by atoms with van der Waals surface area (Å²) < 4.78 is 16.6. The van der Waals surface area contributed by atoms with Crippen molar-refractivity contribution in [2.45, 2.75) is 50.5 Å². The number of Topliss-reactive ketones (excluding diaryl/α,β-unsaturated/α-hetero) is 2. The number of carbonyl (C=O) groups excluding carboxylic acids is 2. The minimum absolute atomic E-state index is 0.0122. The minimum Gasteiger partial charge on any atom is -0.506 e. The van der Waals surface area contributed by atoms with Crippen molar-refractivity contribution in [3.8, 4) is 17.2 Å². The van der Waals surface area contributed by atoms with Gasteiger partial charge in [0.25, 0.3) is 0 Å². The number of methoxy groups -OCH3 is 1. The van der Waals surface area contributed by atoms with Gasteiger partial charge in [0.2, 0.25) is 6.29 Å². The predicted molar refractivity (Wildman–Crippen MR) is 130 cm³/mol. The summed E-state index contributed by atoms with van der Waals surface area (Å²) in [5.41, 5.74) is 0.934. The number of hydrogen-bond acceptors (Lipinski definition) is 10. The first-order chi connectivity index (χ1) is 17.7. The fourth-order valence-electron chi connectivity index (χ4n) is 4.44. The lowest BCUT2D eigenvalue weighted by Gasteiger charge is -2.39. The van der Waals surface area contributed by atoms with Gasteiger partial charge in [-0.3, -0.25) is 9.59 Å². The Labute approximate surface area is 211 Å². The second kappa shape index (κ2) is 10.9. The second-order valence-electron chi connectivity index (χ2n) is 8.90. The molecule has 4 rings (SSSR count). The molecule has 1 fully saturated rings. The summed E-state index contributed by atoms with van der Waals surface area (Å²) in [7, 11) is 1.42. The molecule has 2 aromatic carbocycles. The van der Waals surface area contributed by atoms with Crippen LogP contribution in [0.4, 0.5) is 0 Å². The summed E-state index contributed by atoms with van der Waals surface area (Å²) in [6.07, 6.45) is -4.69. The normalized spacial score (nSPS) is 23.7. The molecule has 6 N–H and O–H groups in total. The molecule has 11 heteroatoms. The van der Waals surface area contributed by atoms with E-state index in [0.29, 0.717) is 22.3 Å². The summed E-state index contributed by atoms with van der Waals surface area (Å²) in [5, 5.41) is 51.8. The van der Waals surface area contributed by atoms with Crippen molar-refractivity contribution in [2.75, 3.05) is 13.7 Å². The fourth-order valence-corrected chi connectivity index (χ4v) is 4.44. The first-order valence-corrected chi connectivity index (χ1v) is 11.7. The molecule has 0 aliphatic carbocycles. The van der Waals surface area contributed by atoms with E-state index < -0.39 is 48.8 Å². The number of rotatable bonds is 9. The van der Waals surface area contributed by atoms with Gasteiger partial charge in [0.1, 0.15) is 41.7 Å². The van der Waals surface area contributed by atoms with Crippen LogP contribution in [0.15, 0.2) is 36.7 Å². The Morgan fingerprint density at radius 1 is 1.05 bits per heavy atom. The third kappa shape index (κ3) is 5.17. The number of ketones is 2. The molecule has 0 unspecified atom stereocenters. The van der Waals surface area contributed by atoms with Crippen molar-refractivity contribution in [2.24, 2.45) is 0 Å². The third-order valence-electron chi connectivity index (χ3n) is 6.45. The first-order valence-electron chi connectivity index (χ1n) is 11.7. The molecule has 2 heterocycles. The molecule has 0 bridgehead atoms. The van der Waals surface area contributed by atoms with Crippen LogP contribution in [0.2, 0.25) is 0 Å². The second-order valence-corrected chi connectivity index (χ2v) is 8.90. The summed E-state index contributed by atoms with van der Waals surface area (Å²) in [4.78, 5) is 28.2. The maximum Gasteiger partial charge on any atom is 0.229 e. The molecule has 1 saturated heterocycles. The fraction of sp³-hybridized carbons (Fsp3) is 0.385. The Morgan fingerprint density at radius 2 is 1.78 bits per heavy atom. The third-order valence-corrected chi connectivity index (χ3v) is 6.45. The Bertz CT molecular complexity index is 1290. The van der Waals surface area contributed by atoms with Crippen molar-refractivity contribution in [1.82, 2.24) is 4.98 Å². The number of fused-ring (bicyclic) bond motifs is 1. The molecule has 0 spiro atoms. The lowest BCUT2D eigenvalue weighted by molar-refractivity contribution is -0.277. The highest BCUT2D eigenvalue weighted by atomic mass is 16.7. The number of benzene rings is 2. The van der Waals surface area contributed by atoms with E-state index in [-0.39, 0.29) is 35.3 Å². The summed E-state index contributed by atoms with van der Waals surface area (Å²) >= 11 is 0. The highest BCUT2D eigenvalue weighted by Gasteiger charge is 2.45. The summed E-state index contributed by atoms with van der Waals surface area (Å²) in [6.45, 7) is 1.01. The number of aliphatic hydroxyl groups excluding tert-OH is 4. The number of nitrogens with one attached hydrogen (secondary N) is 1. The average Bonchev–Trinajstić information content (AvgIpc) is 3.42. The SMILES string of the molecule is COc1cc(O[C@H]2O[C@H](CO)[C@@H](O)[C@H](O)[C@H]2O)c2c(O)c(C(=O)CCC(=O)c3cc[nH]c3)c(C)cc2c1. The van der Waals surface area contributed by atoms with Crippen LogP contribution in [0, 0.1) is 6.92 Å². The van der Waals surface area contributed by atoms with E-state index in [1.54, 1.807) is 37.5 Å². The van der Waals surface area contributed by atoms with Gasteiger partial charge in [-0.1, -0.05) is 6.07 Å². The van der Waals surface area contributed by atoms with E-state index in [4.69, 9.17) is 14.2 Å². The standard InChI is InChI=1S/C26H29NO10/c1-12-7-14-8-15(35-2)9-18(36-26-25(34)24(33)22(31)19(11-28)37-26)21(14)23(32)20(12)17(30)4-3-16(29)13-5-6-27-10-13/h5-10,19,22,24-28,31-34H,3-4,11H2,1-2H3/t19-,22-,24+,25-,26+/m1/s1. The Hall–Kier alpha value is -3.48. The Morgan fingerprint density at radius 3 is 2.43 bits per heavy atom. The molecular weight excluding hydrogens is 486 g/mol. The van der Waals surface area contributed by atoms with Crippen LogP contribution in [0.25, 0.3) is 10.8 Å². The molecule has 1 aromatic heterocycles. The van der Waals surface area contributed by atoms with Gasteiger partial charge >= 0.3 is 0 Å². The van der Waals surface area contributed by atoms with Crippen LogP contribution < -0.4 is 9.47 Å². The van der Waals surface area contributed by atoms with Crippen molar-refractivity contribution in [3.63, 3.8) is 0 Å². The molecule has 3 aromatic rings. The van der Waals surface area contributed by atoms with Crippen molar-refractivity contribution >= 4 is 22.3 Å². The van der Waals surface area contributed by atoms with Crippen LogP contribution in [-0.4, -0.2) is 86.5 Å². The van der Waals surface area contributed by atoms with Crippen molar-refractivity contribution in [3.05, 3.63) is 53.3 Å². The zero-order valence-corrected chi connectivity index (χ0v) is 20.2. The van der Waals surface area contributed by atoms with Gasteiger partial charge in [-0.25, -0.2) is 0 Å². The molecule has 198 valence electrons. The quantitative estimate of drug-likeness (QED) is 0.227. The van der Waals surface area contributed by atoms with E-state index in [2.05, 4.69) is 4.98 Å². The number of aromatic hydroxyl groups is 1. The maximum absolute atomic E-state index is 13.1. The van der Waals surface area contributed by atoms with Crippen LogP contribution in [0.3, 0.4) is 0 Å². The van der Waals surface area contributed by atoms with Gasteiger partial charge in [-0.2, -0.15) is 0 Å². The number of aromatic nitrogens is 1. The highest BCUT2D eigenvalue weighted by molar-refractivity contribution is 6.09. The van der Waals surface area contributed by atoms with Crippen LogP contribution in [-0.2, 0) is 4.74 Å². The number of aromatic amines is 1. The number of phenols is 1. The van der Waals surface area contributed by atoms with Crippen LogP contribution >= 0.6 is 0 Å². The van der Waals surface area contributed by atoms with Crippen LogP contribution in [0.1, 0.15) is 39.1 Å². The van der Waals surface area contributed by atoms with E-state index in [9.17, 15) is 35.1 Å². The number of phenolic OH excluding ortho intramolecular Hbond substituents is 1. The Kier molecular flexibility index (Phi) is 7.81. The molecule has 37 heavy (non-hydrogen) atoms. The molecule has 0 saturated carbocycles. The monoisotopic (exact) mass is 515 g/mol. The summed E-state index contributed by atoms with van der Waals surface area (Å²) in [6, 6.07) is 6.29. The number of H-pyrrole nitrogens is 1. The largest absolute Gasteiger partial charge is 0.506 e. The molecule has 11 nitrogen and oxygen atoms in total. The number of aryl methyl sites for hydroxylation is 1. The van der Waals surface area contributed by atoms with E-state index in [1.807, 2.05) is 0 Å². The molecule has 0 radical (unpaired) electrons. The summed E-state index contributed by atoms with van der Waals surface area (Å²) in [5.74, 6) is -0.758. The van der Waals surface area contributed by atoms with Gasteiger partial charge in [-0.05, 0) is 30.0 Å². The molecular formula is C26H29NO10. The number of hydrogen-bond donors (Lipinski definition) is 6. The van der Waals surface area contributed by atoms with Gasteiger partial charge in [-0.15, -0.1) is 0 Å².